The lowest BCUT2D eigenvalue weighted by Crippen LogP contribution is -2.36. The molecule has 0 radical (unpaired) electrons. The molecule has 0 aliphatic heterocycles. The molecule has 0 atom stereocenters. The molecule has 90 valence electrons. The van der Waals surface area contributed by atoms with Gasteiger partial charge in [0, 0.05) is 26.9 Å². The Morgan fingerprint density at radius 2 is 2.18 bits per heavy atom. The lowest BCUT2D eigenvalue weighted by atomic mass is 10.3. The number of rotatable bonds is 4. The molecule has 0 aliphatic carbocycles. The van der Waals surface area contributed by atoms with Crippen LogP contribution in [0.2, 0.25) is 0 Å². The third-order valence-electron chi connectivity index (χ3n) is 2.25. The summed E-state index contributed by atoms with van der Waals surface area (Å²) < 4.78 is 5.52. The highest BCUT2D eigenvalue weighted by Gasteiger charge is 2.08. The fourth-order valence-corrected chi connectivity index (χ4v) is 1.55. The molecule has 1 aromatic heterocycles. The minimum Gasteiger partial charge on any atom is -0.441 e. The van der Waals surface area contributed by atoms with E-state index in [0.717, 1.165) is 11.1 Å². The van der Waals surface area contributed by atoms with Gasteiger partial charge >= 0.3 is 0 Å². The van der Waals surface area contributed by atoms with Crippen molar-refractivity contribution in [2.24, 2.45) is 0 Å². The largest absolute Gasteiger partial charge is 0.441 e. The monoisotopic (exact) mass is 233 g/mol. The zero-order valence-corrected chi connectivity index (χ0v) is 9.93. The number of aromatic nitrogens is 1. The number of benzene rings is 1. The van der Waals surface area contributed by atoms with Crippen LogP contribution in [0.4, 0.5) is 0 Å². The summed E-state index contributed by atoms with van der Waals surface area (Å²) in [6, 6.07) is 7.57. The first kappa shape index (κ1) is 11.6. The average molecular weight is 233 g/mol. The summed E-state index contributed by atoms with van der Waals surface area (Å²) in [6.45, 7) is 0. The number of nitrogens with zero attached hydrogens (tertiary/aromatic N) is 2. The summed E-state index contributed by atoms with van der Waals surface area (Å²) in [5.41, 5.74) is 4.26. The van der Waals surface area contributed by atoms with Crippen LogP contribution < -0.4 is 5.43 Å². The molecule has 1 aromatic carbocycles. The van der Waals surface area contributed by atoms with Gasteiger partial charge in [0.2, 0.25) is 5.91 Å². The Balaban J connectivity index is 1.97. The van der Waals surface area contributed by atoms with Gasteiger partial charge in [0.05, 0.1) is 0 Å². The minimum atomic E-state index is -0.0442. The fraction of sp³-hybridized carbons (Fsp3) is 0.333. The molecule has 17 heavy (non-hydrogen) atoms. The van der Waals surface area contributed by atoms with Crippen LogP contribution in [0.3, 0.4) is 0 Å². The molecular formula is C12H15N3O2. The number of fused-ring (bicyclic) bond motifs is 1. The zero-order valence-electron chi connectivity index (χ0n) is 9.93. The quantitative estimate of drug-likeness (QED) is 0.810. The standard InChI is InChI=1S/C12H15N3O2/c1-15(2)14-11(16)7-8-12-13-9-5-3-4-6-10(9)17-12/h3-6H,7-8H2,1-2H3,(H,14,16). The Morgan fingerprint density at radius 1 is 1.41 bits per heavy atom. The van der Waals surface area contributed by atoms with Crippen molar-refractivity contribution in [1.82, 2.24) is 15.4 Å². The van der Waals surface area contributed by atoms with Crippen molar-refractivity contribution in [2.45, 2.75) is 12.8 Å². The number of carbonyl (C=O) groups excluding carboxylic acids is 1. The third kappa shape index (κ3) is 3.04. The normalized spacial score (nSPS) is 11.0. The number of hydrogen-bond donors (Lipinski definition) is 1. The van der Waals surface area contributed by atoms with Crippen LogP contribution in [-0.2, 0) is 11.2 Å². The van der Waals surface area contributed by atoms with Crippen LogP contribution in [0.15, 0.2) is 28.7 Å². The molecule has 0 unspecified atom stereocenters. The van der Waals surface area contributed by atoms with Crippen molar-refractivity contribution in [3.8, 4) is 0 Å². The van der Waals surface area contributed by atoms with Gasteiger partial charge in [0.25, 0.3) is 0 Å². The summed E-state index contributed by atoms with van der Waals surface area (Å²) in [6.07, 6.45) is 0.874. The lowest BCUT2D eigenvalue weighted by molar-refractivity contribution is -0.124. The molecule has 0 bridgehead atoms. The maximum Gasteiger partial charge on any atom is 0.234 e. The van der Waals surface area contributed by atoms with Crippen molar-refractivity contribution in [2.75, 3.05) is 14.1 Å². The number of hydrogen-bond acceptors (Lipinski definition) is 4. The average Bonchev–Trinajstić information content (AvgIpc) is 2.68. The molecule has 5 nitrogen and oxygen atoms in total. The van der Waals surface area contributed by atoms with Gasteiger partial charge in [0.15, 0.2) is 11.5 Å². The number of oxazole rings is 1. The topological polar surface area (TPSA) is 58.4 Å². The van der Waals surface area contributed by atoms with E-state index in [4.69, 9.17) is 4.42 Å². The SMILES string of the molecule is CN(C)NC(=O)CCc1nc2ccccc2o1. The van der Waals surface area contributed by atoms with Gasteiger partial charge in [-0.3, -0.25) is 10.2 Å². The van der Waals surface area contributed by atoms with Crippen molar-refractivity contribution in [1.29, 1.82) is 0 Å². The van der Waals surface area contributed by atoms with Crippen LogP contribution in [0.1, 0.15) is 12.3 Å². The van der Waals surface area contributed by atoms with Gasteiger partial charge in [-0.1, -0.05) is 12.1 Å². The molecule has 0 fully saturated rings. The fourth-order valence-electron chi connectivity index (χ4n) is 1.55. The molecule has 0 saturated heterocycles. The van der Waals surface area contributed by atoms with Crippen molar-refractivity contribution in [3.63, 3.8) is 0 Å². The van der Waals surface area contributed by atoms with Crippen LogP contribution >= 0.6 is 0 Å². The van der Waals surface area contributed by atoms with Gasteiger partial charge in [-0.2, -0.15) is 0 Å². The molecule has 2 rings (SSSR count). The van der Waals surface area contributed by atoms with Crippen molar-refractivity contribution in [3.05, 3.63) is 30.2 Å². The zero-order chi connectivity index (χ0) is 12.3. The summed E-state index contributed by atoms with van der Waals surface area (Å²) in [7, 11) is 3.55. The van der Waals surface area contributed by atoms with Crippen LogP contribution in [-0.4, -0.2) is 30.0 Å². The second kappa shape index (κ2) is 4.97. The first-order chi connectivity index (χ1) is 8.15. The highest BCUT2D eigenvalue weighted by Crippen LogP contribution is 2.15. The highest BCUT2D eigenvalue weighted by molar-refractivity contribution is 5.76. The first-order valence-corrected chi connectivity index (χ1v) is 5.46. The van der Waals surface area contributed by atoms with E-state index >= 15 is 0 Å². The Morgan fingerprint density at radius 3 is 2.88 bits per heavy atom. The van der Waals surface area contributed by atoms with Crippen LogP contribution in [0.5, 0.6) is 0 Å². The molecule has 2 aromatic rings. The van der Waals surface area contributed by atoms with E-state index in [1.165, 1.54) is 0 Å². The lowest BCUT2D eigenvalue weighted by Gasteiger charge is -2.10. The van der Waals surface area contributed by atoms with Crippen LogP contribution in [0, 0.1) is 0 Å². The Kier molecular flexibility index (Phi) is 3.39. The molecular weight excluding hydrogens is 218 g/mol. The molecule has 1 N–H and O–H groups in total. The van der Waals surface area contributed by atoms with E-state index in [1.54, 1.807) is 19.1 Å². The predicted octanol–water partition coefficient (Wildman–Crippen LogP) is 1.35. The van der Waals surface area contributed by atoms with E-state index in [2.05, 4.69) is 10.4 Å². The number of para-hydroxylation sites is 2. The van der Waals surface area contributed by atoms with Gasteiger partial charge < -0.3 is 4.42 Å². The second-order valence-electron chi connectivity index (χ2n) is 4.00. The van der Waals surface area contributed by atoms with E-state index in [9.17, 15) is 4.79 Å². The number of carbonyl (C=O) groups is 1. The van der Waals surface area contributed by atoms with Gasteiger partial charge in [0.1, 0.15) is 5.52 Å². The van der Waals surface area contributed by atoms with Gasteiger partial charge in [-0.25, -0.2) is 9.99 Å². The summed E-state index contributed by atoms with van der Waals surface area (Å²) in [5.74, 6) is 0.553. The number of aryl methyl sites for hydroxylation is 1. The Hall–Kier alpha value is -1.88. The summed E-state index contributed by atoms with van der Waals surface area (Å²) >= 11 is 0. The molecule has 0 spiro atoms. The van der Waals surface area contributed by atoms with E-state index in [0.29, 0.717) is 18.7 Å². The third-order valence-corrected chi connectivity index (χ3v) is 2.25. The second-order valence-corrected chi connectivity index (χ2v) is 4.00. The predicted molar refractivity (Wildman–Crippen MR) is 64.2 cm³/mol. The maximum atomic E-state index is 11.4. The molecule has 5 heteroatoms. The molecule has 1 amide bonds. The number of nitrogens with one attached hydrogen (secondary N) is 1. The number of hydrazine groups is 1. The van der Waals surface area contributed by atoms with Crippen molar-refractivity contribution < 1.29 is 9.21 Å². The smallest absolute Gasteiger partial charge is 0.234 e. The van der Waals surface area contributed by atoms with E-state index < -0.39 is 0 Å². The highest BCUT2D eigenvalue weighted by atomic mass is 16.3. The van der Waals surface area contributed by atoms with Crippen LogP contribution in [0.25, 0.3) is 11.1 Å². The Bertz CT molecular complexity index is 486. The first-order valence-electron chi connectivity index (χ1n) is 5.46. The Labute approximate surface area is 99.4 Å². The molecule has 1 heterocycles. The summed E-state index contributed by atoms with van der Waals surface area (Å²) in [5, 5.41) is 1.62. The van der Waals surface area contributed by atoms with E-state index in [1.807, 2.05) is 24.3 Å². The maximum absolute atomic E-state index is 11.4. The minimum absolute atomic E-state index is 0.0442. The molecule has 0 saturated carbocycles. The van der Waals surface area contributed by atoms with Crippen molar-refractivity contribution >= 4 is 17.0 Å². The summed E-state index contributed by atoms with van der Waals surface area (Å²) in [4.78, 5) is 15.7. The van der Waals surface area contributed by atoms with E-state index in [-0.39, 0.29) is 5.91 Å². The molecule has 0 aliphatic rings. The number of amides is 1. The van der Waals surface area contributed by atoms with Gasteiger partial charge in [-0.05, 0) is 12.1 Å². The van der Waals surface area contributed by atoms with Gasteiger partial charge in [-0.15, -0.1) is 0 Å².